The smallest absolute Gasteiger partial charge is 0.309 e. The molecular formula is C20H22N2O6S. The number of hydrogen-bond donors (Lipinski definition) is 2. The number of ether oxygens (including phenoxy) is 1. The first-order valence-electron chi connectivity index (χ1n) is 9.17. The molecule has 2 aromatic rings. The van der Waals surface area contributed by atoms with Gasteiger partial charge in [0.15, 0.2) is 6.61 Å². The Balaban J connectivity index is 1.53. The van der Waals surface area contributed by atoms with Crippen molar-refractivity contribution in [3.63, 3.8) is 0 Å². The number of carbonyl (C=O) groups excluding carboxylic acids is 2. The van der Waals surface area contributed by atoms with Gasteiger partial charge in [0.1, 0.15) is 5.76 Å². The molecule has 1 amide bonds. The summed E-state index contributed by atoms with van der Waals surface area (Å²) in [4.78, 5) is 24.0. The lowest BCUT2D eigenvalue weighted by atomic mass is 9.95. The van der Waals surface area contributed by atoms with Gasteiger partial charge in [-0.2, -0.15) is 0 Å². The maximum atomic E-state index is 12.4. The predicted octanol–water partition coefficient (Wildman–Crippen LogP) is 2.60. The number of hydrogen-bond acceptors (Lipinski definition) is 6. The van der Waals surface area contributed by atoms with Crippen LogP contribution >= 0.6 is 0 Å². The zero-order valence-electron chi connectivity index (χ0n) is 15.7. The van der Waals surface area contributed by atoms with E-state index in [1.807, 2.05) is 12.2 Å². The molecule has 3 rings (SSSR count). The number of nitrogens with one attached hydrogen (secondary N) is 2. The molecule has 0 saturated heterocycles. The van der Waals surface area contributed by atoms with Crippen molar-refractivity contribution in [3.8, 4) is 0 Å². The normalized spacial score (nSPS) is 16.3. The summed E-state index contributed by atoms with van der Waals surface area (Å²) in [6.07, 6.45) is 7.55. The molecule has 1 atom stereocenters. The molecule has 9 heteroatoms. The van der Waals surface area contributed by atoms with Crippen LogP contribution in [-0.4, -0.2) is 26.9 Å². The maximum Gasteiger partial charge on any atom is 0.309 e. The SMILES string of the molecule is O=C(COC(=O)[C@@H]1CC=CCC1)Nc1cccc(S(=O)(=O)NCc2ccco2)c1. The number of benzene rings is 1. The molecule has 1 aromatic carbocycles. The third kappa shape index (κ3) is 6.03. The molecule has 0 aliphatic heterocycles. The molecule has 1 aliphatic carbocycles. The Morgan fingerprint density at radius 3 is 2.76 bits per heavy atom. The van der Waals surface area contributed by atoms with E-state index >= 15 is 0 Å². The van der Waals surface area contributed by atoms with E-state index < -0.39 is 28.5 Å². The van der Waals surface area contributed by atoms with Gasteiger partial charge in [-0.15, -0.1) is 0 Å². The molecule has 29 heavy (non-hydrogen) atoms. The number of anilines is 1. The Morgan fingerprint density at radius 1 is 1.17 bits per heavy atom. The van der Waals surface area contributed by atoms with Crippen LogP contribution in [0.2, 0.25) is 0 Å². The van der Waals surface area contributed by atoms with Gasteiger partial charge in [-0.1, -0.05) is 18.2 Å². The number of rotatable bonds is 8. The third-order valence-electron chi connectivity index (χ3n) is 4.39. The van der Waals surface area contributed by atoms with Crippen LogP contribution in [0.4, 0.5) is 5.69 Å². The van der Waals surface area contributed by atoms with Crippen LogP contribution in [0, 0.1) is 5.92 Å². The fourth-order valence-corrected chi connectivity index (χ4v) is 3.90. The van der Waals surface area contributed by atoms with E-state index in [0.29, 0.717) is 18.6 Å². The minimum Gasteiger partial charge on any atom is -0.468 e. The van der Waals surface area contributed by atoms with E-state index in [1.54, 1.807) is 18.2 Å². The third-order valence-corrected chi connectivity index (χ3v) is 5.79. The first kappa shape index (κ1) is 20.8. The van der Waals surface area contributed by atoms with E-state index in [-0.39, 0.29) is 23.0 Å². The molecule has 0 spiro atoms. The highest BCUT2D eigenvalue weighted by Crippen LogP contribution is 2.20. The van der Waals surface area contributed by atoms with Gasteiger partial charge < -0.3 is 14.5 Å². The molecule has 0 bridgehead atoms. The zero-order valence-corrected chi connectivity index (χ0v) is 16.5. The van der Waals surface area contributed by atoms with Crippen molar-refractivity contribution in [3.05, 3.63) is 60.6 Å². The second-order valence-corrected chi connectivity index (χ2v) is 8.34. The molecule has 8 nitrogen and oxygen atoms in total. The van der Waals surface area contributed by atoms with Crippen molar-refractivity contribution in [2.24, 2.45) is 5.92 Å². The average molecular weight is 418 g/mol. The summed E-state index contributed by atoms with van der Waals surface area (Å²) >= 11 is 0. The zero-order chi connectivity index (χ0) is 20.7. The van der Waals surface area contributed by atoms with Crippen molar-refractivity contribution in [2.45, 2.75) is 30.7 Å². The highest BCUT2D eigenvalue weighted by Gasteiger charge is 2.21. The minimum atomic E-state index is -3.79. The predicted molar refractivity (Wildman–Crippen MR) is 105 cm³/mol. The number of allylic oxidation sites excluding steroid dienone is 2. The fraction of sp³-hybridized carbons (Fsp3) is 0.300. The van der Waals surface area contributed by atoms with Gasteiger partial charge in [-0.05, 0) is 49.6 Å². The number of amides is 1. The molecule has 0 saturated carbocycles. The second-order valence-electron chi connectivity index (χ2n) is 6.57. The van der Waals surface area contributed by atoms with E-state index in [1.165, 1.54) is 24.5 Å². The summed E-state index contributed by atoms with van der Waals surface area (Å²) < 4.78 is 37.4. The molecule has 0 unspecified atom stereocenters. The summed E-state index contributed by atoms with van der Waals surface area (Å²) in [5, 5.41) is 2.54. The Bertz CT molecular complexity index is 982. The van der Waals surface area contributed by atoms with Crippen molar-refractivity contribution in [1.29, 1.82) is 0 Å². The van der Waals surface area contributed by atoms with Crippen LogP contribution in [0.5, 0.6) is 0 Å². The van der Waals surface area contributed by atoms with Crippen LogP contribution in [0.3, 0.4) is 0 Å². The summed E-state index contributed by atoms with van der Waals surface area (Å²) in [7, 11) is -3.79. The van der Waals surface area contributed by atoms with Gasteiger partial charge in [0.05, 0.1) is 23.6 Å². The maximum absolute atomic E-state index is 12.4. The molecule has 1 aromatic heterocycles. The monoisotopic (exact) mass is 418 g/mol. The van der Waals surface area contributed by atoms with Crippen LogP contribution in [-0.2, 0) is 30.9 Å². The topological polar surface area (TPSA) is 115 Å². The van der Waals surface area contributed by atoms with E-state index in [4.69, 9.17) is 9.15 Å². The van der Waals surface area contributed by atoms with E-state index in [2.05, 4.69) is 10.0 Å². The van der Waals surface area contributed by atoms with Gasteiger partial charge in [-0.3, -0.25) is 9.59 Å². The van der Waals surface area contributed by atoms with Crippen molar-refractivity contribution < 1.29 is 27.2 Å². The Morgan fingerprint density at radius 2 is 2.03 bits per heavy atom. The quantitative estimate of drug-likeness (QED) is 0.503. The average Bonchev–Trinajstić information content (AvgIpc) is 3.25. The van der Waals surface area contributed by atoms with E-state index in [9.17, 15) is 18.0 Å². The molecule has 2 N–H and O–H groups in total. The molecular weight excluding hydrogens is 396 g/mol. The first-order valence-corrected chi connectivity index (χ1v) is 10.7. The van der Waals surface area contributed by atoms with Crippen LogP contribution in [0.15, 0.2) is 64.1 Å². The molecule has 0 fully saturated rings. The minimum absolute atomic E-state index is 0.00663. The second kappa shape index (κ2) is 9.53. The number of sulfonamides is 1. The highest BCUT2D eigenvalue weighted by molar-refractivity contribution is 7.89. The number of esters is 1. The summed E-state index contributed by atoms with van der Waals surface area (Å²) in [5.41, 5.74) is 0.285. The van der Waals surface area contributed by atoms with Crippen molar-refractivity contribution in [2.75, 3.05) is 11.9 Å². The lowest BCUT2D eigenvalue weighted by Crippen LogP contribution is -2.25. The molecule has 154 valence electrons. The van der Waals surface area contributed by atoms with Gasteiger partial charge in [0.25, 0.3) is 5.91 Å². The van der Waals surface area contributed by atoms with Crippen molar-refractivity contribution >= 4 is 27.6 Å². The van der Waals surface area contributed by atoms with Gasteiger partial charge in [0, 0.05) is 5.69 Å². The fourth-order valence-electron chi connectivity index (χ4n) is 2.86. The standard InChI is InChI=1S/C20H22N2O6S/c23-19(14-28-20(24)15-6-2-1-3-7-15)22-16-8-4-10-18(12-16)29(25,26)21-13-17-9-5-11-27-17/h1-2,4-5,8-12,15,21H,3,6-7,13-14H2,(H,22,23)/t15-/m1/s1. The van der Waals surface area contributed by atoms with Crippen LogP contribution < -0.4 is 10.0 Å². The van der Waals surface area contributed by atoms with Crippen molar-refractivity contribution in [1.82, 2.24) is 4.72 Å². The van der Waals surface area contributed by atoms with Gasteiger partial charge in [0.2, 0.25) is 10.0 Å². The van der Waals surface area contributed by atoms with Crippen LogP contribution in [0.1, 0.15) is 25.0 Å². The number of carbonyl (C=O) groups is 2. The Kier molecular flexibility index (Phi) is 6.84. The summed E-state index contributed by atoms with van der Waals surface area (Å²) in [5.74, 6) is -0.680. The van der Waals surface area contributed by atoms with Gasteiger partial charge in [-0.25, -0.2) is 13.1 Å². The summed E-state index contributed by atoms with van der Waals surface area (Å²) in [6.45, 7) is -0.412. The van der Waals surface area contributed by atoms with Crippen LogP contribution in [0.25, 0.3) is 0 Å². The summed E-state index contributed by atoms with van der Waals surface area (Å²) in [6, 6.07) is 9.13. The van der Waals surface area contributed by atoms with E-state index in [0.717, 1.165) is 6.42 Å². The lowest BCUT2D eigenvalue weighted by molar-refractivity contribution is -0.151. The lowest BCUT2D eigenvalue weighted by Gasteiger charge is -2.16. The van der Waals surface area contributed by atoms with Gasteiger partial charge >= 0.3 is 5.97 Å². The molecule has 1 aliphatic rings. The number of furan rings is 1. The highest BCUT2D eigenvalue weighted by atomic mass is 32.2. The molecule has 0 radical (unpaired) electrons. The first-order chi connectivity index (χ1) is 13.9. The molecule has 1 heterocycles. The Hall–Kier alpha value is -2.91. The largest absolute Gasteiger partial charge is 0.468 e. The Labute approximate surface area is 169 Å².